The van der Waals surface area contributed by atoms with E-state index in [-0.39, 0.29) is 35.5 Å². The summed E-state index contributed by atoms with van der Waals surface area (Å²) in [7, 11) is 0. The lowest BCUT2D eigenvalue weighted by Crippen LogP contribution is -2.55. The first kappa shape index (κ1) is 28.8. The number of carboxylic acid groups (broad SMARTS) is 1. The molecular weight excluding hydrogens is 535 g/mol. The van der Waals surface area contributed by atoms with Crippen LogP contribution in [0.4, 0.5) is 14.9 Å². The van der Waals surface area contributed by atoms with Gasteiger partial charge >= 0.3 is 11.8 Å². The Bertz CT molecular complexity index is 1270. The van der Waals surface area contributed by atoms with Crippen molar-refractivity contribution in [1.29, 1.82) is 0 Å². The van der Waals surface area contributed by atoms with Crippen LogP contribution < -0.4 is 16.4 Å². The lowest BCUT2D eigenvalue weighted by molar-refractivity contribution is -0.142. The van der Waals surface area contributed by atoms with Crippen LogP contribution >= 0.6 is 0 Å². The van der Waals surface area contributed by atoms with Gasteiger partial charge in [0.2, 0.25) is 11.8 Å². The molecule has 0 spiro atoms. The molecule has 3 heterocycles. The standard InChI is InChI=1S/C28H37FN6O6/c29-16-21(31-27(38)39)17-4-6-19(7-5-17)26(37)35-15-12-22(34-13-2-1-3-14-34)23(35)25(36)30-20-10-8-18(9-11-20)24-32-28(40)41-33-24/h8-11,17,19,21-23,31H,1-7,12-16H2,(H,30,36)(H,38,39)(H,32,33,40)/t17?,19?,21-,22+,23-/m1/s1. The maximum Gasteiger partial charge on any atom is 0.460 e. The number of carbonyl (C=O) groups is 3. The molecule has 5 rings (SSSR count). The number of aromatic nitrogens is 2. The summed E-state index contributed by atoms with van der Waals surface area (Å²) in [5.41, 5.74) is 1.19. The smallest absolute Gasteiger partial charge is 0.460 e. The van der Waals surface area contributed by atoms with Crippen molar-refractivity contribution in [2.75, 3.05) is 31.6 Å². The Morgan fingerprint density at radius 1 is 1.05 bits per heavy atom. The number of nitrogens with zero attached hydrogens (tertiary/aromatic N) is 3. The Hall–Kier alpha value is -3.74. The number of amides is 3. The van der Waals surface area contributed by atoms with E-state index >= 15 is 0 Å². The van der Waals surface area contributed by atoms with Crippen molar-refractivity contribution < 1.29 is 28.4 Å². The van der Waals surface area contributed by atoms with Gasteiger partial charge in [0.15, 0.2) is 5.82 Å². The van der Waals surface area contributed by atoms with E-state index in [4.69, 9.17) is 5.11 Å². The van der Waals surface area contributed by atoms with Gasteiger partial charge in [-0.05, 0) is 88.2 Å². The van der Waals surface area contributed by atoms with Crippen LogP contribution in [0.25, 0.3) is 11.4 Å². The molecule has 0 unspecified atom stereocenters. The highest BCUT2D eigenvalue weighted by molar-refractivity contribution is 5.98. The minimum Gasteiger partial charge on any atom is -0.465 e. The Kier molecular flexibility index (Phi) is 9.01. The van der Waals surface area contributed by atoms with Gasteiger partial charge in [-0.2, -0.15) is 10.1 Å². The maximum atomic E-state index is 13.8. The summed E-state index contributed by atoms with van der Waals surface area (Å²) < 4.78 is 18.1. The average molecular weight is 573 g/mol. The summed E-state index contributed by atoms with van der Waals surface area (Å²) in [5, 5.41) is 16.7. The van der Waals surface area contributed by atoms with E-state index in [9.17, 15) is 23.6 Å². The van der Waals surface area contributed by atoms with Crippen molar-refractivity contribution in [2.24, 2.45) is 11.8 Å². The van der Waals surface area contributed by atoms with Crippen molar-refractivity contribution >= 4 is 23.6 Å². The van der Waals surface area contributed by atoms with Crippen molar-refractivity contribution in [3.05, 3.63) is 34.8 Å². The van der Waals surface area contributed by atoms with Crippen LogP contribution in [0, 0.1) is 11.8 Å². The molecule has 0 bridgehead atoms. The lowest BCUT2D eigenvalue weighted by atomic mass is 9.78. The first-order chi connectivity index (χ1) is 19.8. The van der Waals surface area contributed by atoms with Crippen LogP contribution in [0.15, 0.2) is 33.6 Å². The number of carbonyl (C=O) groups excluding carboxylic acids is 2. The second kappa shape index (κ2) is 12.8. The zero-order chi connectivity index (χ0) is 28.9. The van der Waals surface area contributed by atoms with Crippen LogP contribution in [0.2, 0.25) is 0 Å². The molecule has 2 aromatic rings. The maximum absolute atomic E-state index is 13.8. The number of nitrogens with one attached hydrogen (secondary N) is 3. The Labute approximate surface area is 236 Å². The molecule has 41 heavy (non-hydrogen) atoms. The fourth-order valence-electron chi connectivity index (χ4n) is 6.70. The number of rotatable bonds is 8. The number of piperidine rings is 1. The van der Waals surface area contributed by atoms with Crippen molar-refractivity contribution in [2.45, 2.75) is 69.5 Å². The minimum absolute atomic E-state index is 0.0589. The summed E-state index contributed by atoms with van der Waals surface area (Å²) in [4.78, 5) is 57.7. The average Bonchev–Trinajstić information content (AvgIpc) is 3.63. The molecule has 3 amide bonds. The van der Waals surface area contributed by atoms with Gasteiger partial charge in [0.25, 0.3) is 0 Å². The molecule has 1 aromatic carbocycles. The molecule has 3 fully saturated rings. The van der Waals surface area contributed by atoms with Gasteiger partial charge in [0.05, 0.1) is 6.04 Å². The van der Waals surface area contributed by atoms with Gasteiger partial charge in [0, 0.05) is 29.8 Å². The highest BCUT2D eigenvalue weighted by atomic mass is 19.1. The van der Waals surface area contributed by atoms with Gasteiger partial charge < -0.3 is 25.2 Å². The number of H-pyrrole nitrogens is 1. The minimum atomic E-state index is -1.25. The zero-order valence-electron chi connectivity index (χ0n) is 22.9. The Balaban J connectivity index is 1.28. The van der Waals surface area contributed by atoms with Gasteiger partial charge in [-0.15, -0.1) is 0 Å². The summed E-state index contributed by atoms with van der Waals surface area (Å²) in [6.45, 7) is 1.50. The number of hydrogen-bond donors (Lipinski definition) is 4. The Morgan fingerprint density at radius 3 is 2.37 bits per heavy atom. The molecule has 0 radical (unpaired) electrons. The monoisotopic (exact) mass is 572 g/mol. The van der Waals surface area contributed by atoms with E-state index in [1.165, 1.54) is 0 Å². The third-order valence-corrected chi connectivity index (χ3v) is 8.81. The van der Waals surface area contributed by atoms with E-state index in [1.807, 2.05) is 0 Å². The number of hydrogen-bond acceptors (Lipinski definition) is 7. The van der Waals surface area contributed by atoms with E-state index in [0.29, 0.717) is 49.9 Å². The predicted molar refractivity (Wildman–Crippen MR) is 147 cm³/mol. The van der Waals surface area contributed by atoms with E-state index < -0.39 is 30.6 Å². The van der Waals surface area contributed by atoms with Gasteiger partial charge in [-0.1, -0.05) is 6.42 Å². The quantitative estimate of drug-likeness (QED) is 0.376. The first-order valence-electron chi connectivity index (χ1n) is 14.4. The molecule has 2 aliphatic heterocycles. The van der Waals surface area contributed by atoms with Crippen LogP contribution in [-0.2, 0) is 9.59 Å². The van der Waals surface area contributed by atoms with Crippen molar-refractivity contribution in [3.63, 3.8) is 0 Å². The van der Waals surface area contributed by atoms with Gasteiger partial charge in [-0.3, -0.25) is 14.5 Å². The number of anilines is 1. The Morgan fingerprint density at radius 2 is 1.76 bits per heavy atom. The van der Waals surface area contributed by atoms with Crippen LogP contribution in [0.5, 0.6) is 0 Å². The molecular formula is C28H37FN6O6. The summed E-state index contributed by atoms with van der Waals surface area (Å²) in [5.74, 6) is -1.17. The molecule has 1 aromatic heterocycles. The van der Waals surface area contributed by atoms with Gasteiger partial charge in [0.1, 0.15) is 12.7 Å². The summed E-state index contributed by atoms with van der Waals surface area (Å²) in [6.07, 6.45) is 4.92. The second-order valence-electron chi connectivity index (χ2n) is 11.2. The van der Waals surface area contributed by atoms with E-state index in [1.54, 1.807) is 29.2 Å². The highest BCUT2D eigenvalue weighted by Crippen LogP contribution is 2.35. The molecule has 3 atom stereocenters. The number of likely N-dealkylation sites (tertiary alicyclic amines) is 2. The lowest BCUT2D eigenvalue weighted by Gasteiger charge is -2.38. The molecule has 12 nitrogen and oxygen atoms in total. The molecule has 2 saturated heterocycles. The fraction of sp³-hybridized carbons (Fsp3) is 0.607. The number of benzene rings is 1. The fourth-order valence-corrected chi connectivity index (χ4v) is 6.70. The largest absolute Gasteiger partial charge is 0.465 e. The van der Waals surface area contributed by atoms with Crippen LogP contribution in [0.1, 0.15) is 51.4 Å². The number of alkyl halides is 1. The predicted octanol–water partition coefficient (Wildman–Crippen LogP) is 2.84. The zero-order valence-corrected chi connectivity index (χ0v) is 22.9. The van der Waals surface area contributed by atoms with Crippen LogP contribution in [-0.4, -0.2) is 87.4 Å². The summed E-state index contributed by atoms with van der Waals surface area (Å²) in [6, 6.07) is 5.36. The molecule has 222 valence electrons. The van der Waals surface area contributed by atoms with Crippen molar-refractivity contribution in [3.8, 4) is 11.4 Å². The summed E-state index contributed by atoms with van der Waals surface area (Å²) >= 11 is 0. The molecule has 1 saturated carbocycles. The topological polar surface area (TPSA) is 161 Å². The van der Waals surface area contributed by atoms with E-state index in [2.05, 4.69) is 30.2 Å². The highest BCUT2D eigenvalue weighted by Gasteiger charge is 2.46. The SMILES string of the molecule is O=C(O)N[C@H](CF)C1CCC(C(=O)N2CC[C@H](N3CCCCC3)[C@@H]2C(=O)Nc2ccc(-c3nc(=O)o[nH]3)cc2)CC1. The number of aromatic amines is 1. The molecule has 4 N–H and O–H groups in total. The van der Waals surface area contributed by atoms with Crippen LogP contribution in [0.3, 0.4) is 0 Å². The van der Waals surface area contributed by atoms with Gasteiger partial charge in [-0.25, -0.2) is 14.0 Å². The normalized spacial score (nSPS) is 25.9. The second-order valence-corrected chi connectivity index (χ2v) is 11.2. The third kappa shape index (κ3) is 6.61. The molecule has 1 aliphatic carbocycles. The molecule has 13 heteroatoms. The first-order valence-corrected chi connectivity index (χ1v) is 14.4. The van der Waals surface area contributed by atoms with E-state index in [0.717, 1.165) is 32.4 Å². The van der Waals surface area contributed by atoms with Crippen molar-refractivity contribution in [1.82, 2.24) is 25.3 Å². The number of halogens is 1. The third-order valence-electron chi connectivity index (χ3n) is 8.81. The molecule has 3 aliphatic rings.